The molecule has 0 saturated heterocycles. The van der Waals surface area contributed by atoms with Crippen molar-refractivity contribution in [1.82, 2.24) is 10.2 Å². The van der Waals surface area contributed by atoms with Gasteiger partial charge in [-0.05, 0) is 48.9 Å². The highest BCUT2D eigenvalue weighted by molar-refractivity contribution is 5.91. The maximum Gasteiger partial charge on any atom is 0.287 e. The standard InChI is InChI=1S/C24H34N2O2/c1-18(2)15-25-24(27)23-14-13-22(28-23)17-26(21-11-5-4-6-12-21)16-20-10-8-7-9-19(20)3/h7-10,13-14,18,21H,4-6,11-12,15-17H2,1-3H3,(H,25,27). The highest BCUT2D eigenvalue weighted by Gasteiger charge is 2.23. The largest absolute Gasteiger partial charge is 0.455 e. The van der Waals surface area contributed by atoms with Gasteiger partial charge in [-0.25, -0.2) is 0 Å². The number of carbonyl (C=O) groups is 1. The number of hydrogen-bond acceptors (Lipinski definition) is 3. The summed E-state index contributed by atoms with van der Waals surface area (Å²) in [5, 5.41) is 2.93. The Hall–Kier alpha value is -2.07. The minimum atomic E-state index is -0.122. The predicted molar refractivity (Wildman–Crippen MR) is 113 cm³/mol. The van der Waals surface area contributed by atoms with E-state index < -0.39 is 0 Å². The van der Waals surface area contributed by atoms with Crippen LogP contribution in [0.2, 0.25) is 0 Å². The number of furan rings is 1. The number of aryl methyl sites for hydroxylation is 1. The SMILES string of the molecule is Cc1ccccc1CN(Cc1ccc(C(=O)NCC(C)C)o1)C1CCCCC1. The minimum absolute atomic E-state index is 0.122. The van der Waals surface area contributed by atoms with Crippen molar-refractivity contribution in [2.45, 2.75) is 72.0 Å². The predicted octanol–water partition coefficient (Wildman–Crippen LogP) is 5.31. The molecule has 0 aliphatic heterocycles. The molecule has 0 radical (unpaired) electrons. The van der Waals surface area contributed by atoms with E-state index in [-0.39, 0.29) is 5.91 Å². The number of rotatable bonds is 8. The van der Waals surface area contributed by atoms with E-state index in [2.05, 4.69) is 55.3 Å². The van der Waals surface area contributed by atoms with E-state index in [1.165, 1.54) is 43.2 Å². The molecule has 0 atom stereocenters. The molecule has 0 spiro atoms. The normalized spacial score (nSPS) is 15.3. The van der Waals surface area contributed by atoms with Gasteiger partial charge in [0.05, 0.1) is 6.54 Å². The lowest BCUT2D eigenvalue weighted by molar-refractivity contribution is 0.0911. The Balaban J connectivity index is 1.70. The van der Waals surface area contributed by atoms with Gasteiger partial charge >= 0.3 is 0 Å². The summed E-state index contributed by atoms with van der Waals surface area (Å²) >= 11 is 0. The van der Waals surface area contributed by atoms with Crippen molar-refractivity contribution < 1.29 is 9.21 Å². The van der Waals surface area contributed by atoms with Crippen molar-refractivity contribution in [3.63, 3.8) is 0 Å². The van der Waals surface area contributed by atoms with Gasteiger partial charge in [0, 0.05) is 19.1 Å². The summed E-state index contributed by atoms with van der Waals surface area (Å²) in [5.41, 5.74) is 2.70. The Morgan fingerprint density at radius 1 is 1.11 bits per heavy atom. The number of benzene rings is 1. The van der Waals surface area contributed by atoms with Crippen LogP contribution in [0.4, 0.5) is 0 Å². The van der Waals surface area contributed by atoms with Gasteiger partial charge in [0.15, 0.2) is 5.76 Å². The lowest BCUT2D eigenvalue weighted by Gasteiger charge is -2.34. The van der Waals surface area contributed by atoms with Crippen molar-refractivity contribution in [1.29, 1.82) is 0 Å². The molecule has 4 heteroatoms. The van der Waals surface area contributed by atoms with Crippen LogP contribution in [-0.2, 0) is 13.1 Å². The summed E-state index contributed by atoms with van der Waals surface area (Å²) in [6.07, 6.45) is 6.43. The van der Waals surface area contributed by atoms with E-state index in [1.807, 2.05) is 6.07 Å². The first-order valence-electron chi connectivity index (χ1n) is 10.7. The molecule has 1 aliphatic carbocycles. The molecule has 1 aliphatic rings. The third-order valence-electron chi connectivity index (χ3n) is 5.64. The molecular formula is C24H34N2O2. The molecule has 152 valence electrons. The smallest absolute Gasteiger partial charge is 0.287 e. The van der Waals surface area contributed by atoms with Crippen LogP contribution >= 0.6 is 0 Å². The Bertz CT molecular complexity index is 759. The second-order valence-electron chi connectivity index (χ2n) is 8.49. The van der Waals surface area contributed by atoms with Gasteiger partial charge in [0.25, 0.3) is 5.91 Å². The van der Waals surface area contributed by atoms with Crippen LogP contribution in [0, 0.1) is 12.8 Å². The Morgan fingerprint density at radius 3 is 2.57 bits per heavy atom. The molecule has 1 fully saturated rings. The third kappa shape index (κ3) is 5.71. The molecule has 1 heterocycles. The summed E-state index contributed by atoms with van der Waals surface area (Å²) in [6.45, 7) is 8.68. The van der Waals surface area contributed by atoms with Crippen molar-refractivity contribution in [3.8, 4) is 0 Å². The highest BCUT2D eigenvalue weighted by Crippen LogP contribution is 2.26. The number of amides is 1. The first kappa shape index (κ1) is 20.7. The van der Waals surface area contributed by atoms with Gasteiger partial charge in [0.1, 0.15) is 5.76 Å². The Labute approximate surface area is 169 Å². The lowest BCUT2D eigenvalue weighted by Crippen LogP contribution is -2.36. The average molecular weight is 383 g/mol. The second-order valence-corrected chi connectivity index (χ2v) is 8.49. The molecule has 4 nitrogen and oxygen atoms in total. The Morgan fingerprint density at radius 2 is 1.86 bits per heavy atom. The number of hydrogen-bond donors (Lipinski definition) is 1. The molecule has 1 aromatic heterocycles. The fourth-order valence-electron chi connectivity index (χ4n) is 3.94. The van der Waals surface area contributed by atoms with Crippen molar-refractivity contribution >= 4 is 5.91 Å². The number of carbonyl (C=O) groups excluding carboxylic acids is 1. The molecule has 1 amide bonds. The van der Waals surface area contributed by atoms with E-state index >= 15 is 0 Å². The van der Waals surface area contributed by atoms with E-state index in [4.69, 9.17) is 4.42 Å². The molecule has 3 rings (SSSR count). The van der Waals surface area contributed by atoms with Crippen LogP contribution in [0.1, 0.15) is 73.4 Å². The van der Waals surface area contributed by atoms with Crippen molar-refractivity contribution in [2.24, 2.45) is 5.92 Å². The van der Waals surface area contributed by atoms with E-state index in [1.54, 1.807) is 6.07 Å². The fraction of sp³-hybridized carbons (Fsp3) is 0.542. The van der Waals surface area contributed by atoms with Gasteiger partial charge in [-0.1, -0.05) is 57.4 Å². The zero-order valence-corrected chi connectivity index (χ0v) is 17.5. The molecule has 0 bridgehead atoms. The van der Waals surface area contributed by atoms with Crippen LogP contribution in [0.3, 0.4) is 0 Å². The first-order valence-corrected chi connectivity index (χ1v) is 10.7. The van der Waals surface area contributed by atoms with E-state index in [0.717, 1.165) is 18.8 Å². The minimum Gasteiger partial charge on any atom is -0.455 e. The summed E-state index contributed by atoms with van der Waals surface area (Å²) in [7, 11) is 0. The third-order valence-corrected chi connectivity index (χ3v) is 5.64. The molecule has 0 unspecified atom stereocenters. The molecule has 1 N–H and O–H groups in total. The summed E-state index contributed by atoms with van der Waals surface area (Å²) in [5.74, 6) is 1.58. The van der Waals surface area contributed by atoms with Gasteiger partial charge in [0.2, 0.25) is 0 Å². The number of nitrogens with one attached hydrogen (secondary N) is 1. The van der Waals surface area contributed by atoms with Gasteiger partial charge in [-0.15, -0.1) is 0 Å². The number of nitrogens with zero attached hydrogens (tertiary/aromatic N) is 1. The van der Waals surface area contributed by atoms with Crippen molar-refractivity contribution in [3.05, 3.63) is 59.0 Å². The van der Waals surface area contributed by atoms with Crippen molar-refractivity contribution in [2.75, 3.05) is 6.54 Å². The van der Waals surface area contributed by atoms with E-state index in [0.29, 0.717) is 24.3 Å². The molecule has 2 aromatic rings. The van der Waals surface area contributed by atoms with Gasteiger partial charge < -0.3 is 9.73 Å². The maximum absolute atomic E-state index is 12.3. The summed E-state index contributed by atoms with van der Waals surface area (Å²) in [4.78, 5) is 14.8. The van der Waals surface area contributed by atoms with Crippen LogP contribution in [-0.4, -0.2) is 23.4 Å². The lowest BCUT2D eigenvalue weighted by atomic mass is 9.93. The summed E-state index contributed by atoms with van der Waals surface area (Å²) in [6, 6.07) is 13.0. The summed E-state index contributed by atoms with van der Waals surface area (Å²) < 4.78 is 5.91. The quantitative estimate of drug-likeness (QED) is 0.673. The topological polar surface area (TPSA) is 45.5 Å². The molecule has 1 saturated carbocycles. The Kier molecular flexibility index (Phi) is 7.32. The molecule has 28 heavy (non-hydrogen) atoms. The van der Waals surface area contributed by atoms with Crippen LogP contribution in [0.25, 0.3) is 0 Å². The monoisotopic (exact) mass is 382 g/mol. The van der Waals surface area contributed by atoms with Crippen LogP contribution in [0.15, 0.2) is 40.8 Å². The van der Waals surface area contributed by atoms with Gasteiger partial charge in [-0.2, -0.15) is 0 Å². The average Bonchev–Trinajstić information content (AvgIpc) is 3.16. The maximum atomic E-state index is 12.3. The first-order chi connectivity index (χ1) is 13.5. The van der Waals surface area contributed by atoms with E-state index in [9.17, 15) is 4.79 Å². The van der Waals surface area contributed by atoms with Crippen LogP contribution in [0.5, 0.6) is 0 Å². The highest BCUT2D eigenvalue weighted by atomic mass is 16.4. The molecule has 1 aromatic carbocycles. The zero-order valence-electron chi connectivity index (χ0n) is 17.5. The van der Waals surface area contributed by atoms with Crippen LogP contribution < -0.4 is 5.32 Å². The second kappa shape index (κ2) is 9.92. The molecular weight excluding hydrogens is 348 g/mol. The fourth-order valence-corrected chi connectivity index (χ4v) is 3.94. The van der Waals surface area contributed by atoms with Gasteiger partial charge in [-0.3, -0.25) is 9.69 Å². The zero-order chi connectivity index (χ0) is 19.9.